The van der Waals surface area contributed by atoms with Crippen molar-refractivity contribution in [2.24, 2.45) is 11.8 Å². The maximum Gasteiger partial charge on any atom is 0.261 e. The number of fused-ring (bicyclic) bond motifs is 7. The normalized spacial score (nSPS) is 14.6. The van der Waals surface area contributed by atoms with E-state index in [1.165, 1.54) is 158 Å². The van der Waals surface area contributed by atoms with Crippen molar-refractivity contribution < 1.29 is 14.0 Å². The first-order valence-corrected chi connectivity index (χ1v) is 34.8. The molecule has 0 saturated carbocycles. The SMILES string of the molecule is CCCCCCCCC(CCCCCC)CN1C(=O)C2=C(c3ccc(-c4cc5c(s4)c4sc(C)cc4c4oc(-c6ccccc6)c(-c6ccccc6)c54)s3)N(CC(CCCCCC)CCCCCCCC)C(=O)C2=C1c1ccc(C)s1. The Labute approximate surface area is 500 Å². The van der Waals surface area contributed by atoms with Gasteiger partial charge in [-0.3, -0.25) is 9.59 Å². The van der Waals surface area contributed by atoms with Crippen LogP contribution in [0, 0.1) is 25.7 Å². The summed E-state index contributed by atoms with van der Waals surface area (Å²) in [7, 11) is 0. The summed E-state index contributed by atoms with van der Waals surface area (Å²) in [6.45, 7) is 14.8. The van der Waals surface area contributed by atoms with Gasteiger partial charge >= 0.3 is 0 Å². The van der Waals surface area contributed by atoms with Crippen molar-refractivity contribution in [2.45, 2.75) is 196 Å². The third-order valence-electron chi connectivity index (χ3n) is 17.3. The van der Waals surface area contributed by atoms with Crippen LogP contribution in [0.2, 0.25) is 0 Å². The molecule has 0 saturated heterocycles. The Bertz CT molecular complexity index is 3430. The Balaban J connectivity index is 1.09. The van der Waals surface area contributed by atoms with Crippen LogP contribution in [-0.2, 0) is 9.59 Å². The van der Waals surface area contributed by atoms with Gasteiger partial charge in [0.15, 0.2) is 0 Å². The summed E-state index contributed by atoms with van der Waals surface area (Å²) in [5, 5.41) is 3.51. The van der Waals surface area contributed by atoms with E-state index in [0.29, 0.717) is 36.1 Å². The number of amides is 2. The summed E-state index contributed by atoms with van der Waals surface area (Å²) in [5.74, 6) is 1.66. The lowest BCUT2D eigenvalue weighted by molar-refractivity contribution is -0.124. The van der Waals surface area contributed by atoms with Crippen LogP contribution in [0.3, 0.4) is 0 Å². The topological polar surface area (TPSA) is 53.8 Å². The lowest BCUT2D eigenvalue weighted by atomic mass is 9.93. The molecule has 2 atom stereocenters. The third kappa shape index (κ3) is 13.3. The van der Waals surface area contributed by atoms with Crippen molar-refractivity contribution in [1.29, 1.82) is 0 Å². The van der Waals surface area contributed by atoms with E-state index in [1.54, 1.807) is 22.7 Å². The molecule has 5 nitrogen and oxygen atoms in total. The van der Waals surface area contributed by atoms with Crippen LogP contribution in [0.25, 0.3) is 74.7 Å². The van der Waals surface area contributed by atoms with Gasteiger partial charge < -0.3 is 14.2 Å². The Hall–Kier alpha value is -5.06. The number of rotatable bonds is 33. The molecule has 7 heterocycles. The van der Waals surface area contributed by atoms with Crippen molar-refractivity contribution in [3.63, 3.8) is 0 Å². The van der Waals surface area contributed by atoms with Gasteiger partial charge in [0.1, 0.15) is 11.3 Å². The molecule has 2 unspecified atom stereocenters. The molecule has 2 aliphatic heterocycles. The Morgan fingerprint density at radius 2 is 0.889 bits per heavy atom. The molecule has 5 aromatic heterocycles. The van der Waals surface area contributed by atoms with Crippen LogP contribution in [0.15, 0.2) is 113 Å². The Morgan fingerprint density at radius 1 is 0.432 bits per heavy atom. The zero-order valence-corrected chi connectivity index (χ0v) is 52.8. The molecule has 8 aromatic rings. The van der Waals surface area contributed by atoms with Crippen LogP contribution in [0.5, 0.6) is 0 Å². The second kappa shape index (κ2) is 28.5. The van der Waals surface area contributed by atoms with Gasteiger partial charge in [0.2, 0.25) is 0 Å². The summed E-state index contributed by atoms with van der Waals surface area (Å²) in [6.07, 6.45) is 29.2. The van der Waals surface area contributed by atoms with Crippen LogP contribution >= 0.6 is 45.3 Å². The first-order chi connectivity index (χ1) is 39.7. The summed E-state index contributed by atoms with van der Waals surface area (Å²) < 4.78 is 9.64. The van der Waals surface area contributed by atoms with Crippen molar-refractivity contribution in [3.05, 3.63) is 128 Å². The van der Waals surface area contributed by atoms with Gasteiger partial charge in [0.25, 0.3) is 11.8 Å². The van der Waals surface area contributed by atoms with Crippen LogP contribution in [-0.4, -0.2) is 34.7 Å². The molecule has 3 aromatic carbocycles. The summed E-state index contributed by atoms with van der Waals surface area (Å²) in [5.41, 5.74) is 7.23. The van der Waals surface area contributed by atoms with E-state index in [-0.39, 0.29) is 11.8 Å². The number of furan rings is 1. The van der Waals surface area contributed by atoms with E-state index < -0.39 is 0 Å². The van der Waals surface area contributed by atoms with E-state index in [4.69, 9.17) is 4.42 Å². The minimum absolute atomic E-state index is 0.0195. The highest BCUT2D eigenvalue weighted by Crippen LogP contribution is 2.54. The van der Waals surface area contributed by atoms with E-state index >= 15 is 9.59 Å². The molecule has 81 heavy (non-hydrogen) atoms. The second-order valence-electron chi connectivity index (χ2n) is 23.6. The van der Waals surface area contributed by atoms with Crippen LogP contribution in [0.4, 0.5) is 0 Å². The van der Waals surface area contributed by atoms with Gasteiger partial charge in [-0.1, -0.05) is 217 Å². The van der Waals surface area contributed by atoms with E-state index in [0.717, 1.165) is 90.5 Å². The molecule has 2 aliphatic rings. The van der Waals surface area contributed by atoms with Crippen molar-refractivity contribution in [2.75, 3.05) is 13.1 Å². The number of hydrogen-bond acceptors (Lipinski definition) is 7. The van der Waals surface area contributed by atoms with Gasteiger partial charge in [-0.2, -0.15) is 0 Å². The predicted molar refractivity (Wildman–Crippen MR) is 353 cm³/mol. The fourth-order valence-corrected chi connectivity index (χ4v) is 17.4. The number of nitrogens with zero attached hydrogens (tertiary/aromatic N) is 2. The fourth-order valence-electron chi connectivity index (χ4n) is 13.0. The zero-order chi connectivity index (χ0) is 56.2. The number of benzene rings is 3. The molecule has 0 radical (unpaired) electrons. The highest BCUT2D eigenvalue weighted by molar-refractivity contribution is 7.31. The quantitative estimate of drug-likeness (QED) is 0.0385. The van der Waals surface area contributed by atoms with Gasteiger partial charge in [-0.25, -0.2) is 0 Å². The minimum Gasteiger partial charge on any atom is -0.455 e. The summed E-state index contributed by atoms with van der Waals surface area (Å²) in [4.78, 5) is 43.0. The van der Waals surface area contributed by atoms with Gasteiger partial charge in [-0.15, -0.1) is 45.3 Å². The van der Waals surface area contributed by atoms with Crippen LogP contribution < -0.4 is 0 Å². The molecule has 0 spiro atoms. The number of thiophene rings is 4. The molecule has 2 amide bonds. The number of carbonyl (C=O) groups excluding carboxylic acids is 2. The highest BCUT2D eigenvalue weighted by atomic mass is 32.1. The fraction of sp³-hybridized carbons (Fsp3) is 0.472. The first kappa shape index (κ1) is 59.1. The molecule has 0 aliphatic carbocycles. The minimum atomic E-state index is 0.0195. The zero-order valence-electron chi connectivity index (χ0n) is 49.5. The molecular weight excluding hydrogens is 1070 g/mol. The maximum atomic E-state index is 16.0. The monoisotopic (exact) mass is 1160 g/mol. The summed E-state index contributed by atoms with van der Waals surface area (Å²) in [6, 6.07) is 34.9. The third-order valence-corrected chi connectivity index (χ3v) is 21.9. The first-order valence-electron chi connectivity index (χ1n) is 31.6. The standard InChI is InChI=1S/C72H88N2O3S4/c1-7-11-15-19-21-27-35-51(33-25-17-13-9-3)47-73-65(58-42-41-49(5)78-58)63-64(72(73)76)66(74(71(63)75)48-52(34-26-18-14-10-4)36-28-22-20-16-12-8-2)59-44-43-57(80-59)60-46-55-62-61(53-37-29-23-30-38-53)67(54-39-31-24-32-40-54)77-68(62)56-45-50(6)79-70(56)69(55)81-60/h23-24,29-32,37-46,51-52H,7-22,25-28,33-36,47-48H2,1-6H3. The number of aryl methyl sites for hydroxylation is 2. The number of carbonyl (C=O) groups is 2. The summed E-state index contributed by atoms with van der Waals surface area (Å²) >= 11 is 7.19. The number of unbranched alkanes of at least 4 members (excludes halogenated alkanes) is 16. The maximum absolute atomic E-state index is 16.0. The highest BCUT2D eigenvalue weighted by Gasteiger charge is 2.50. The number of hydrogen-bond donors (Lipinski definition) is 0. The predicted octanol–water partition coefficient (Wildman–Crippen LogP) is 23.1. The Morgan fingerprint density at radius 3 is 1.41 bits per heavy atom. The Kier molecular flexibility index (Phi) is 20.8. The molecule has 428 valence electrons. The van der Waals surface area contributed by atoms with Gasteiger partial charge in [0.05, 0.1) is 41.7 Å². The van der Waals surface area contributed by atoms with E-state index in [1.807, 2.05) is 22.7 Å². The molecule has 10 rings (SSSR count). The van der Waals surface area contributed by atoms with E-state index in [2.05, 4.69) is 148 Å². The lowest BCUT2D eigenvalue weighted by Gasteiger charge is -2.29. The van der Waals surface area contributed by atoms with Crippen molar-refractivity contribution in [3.8, 4) is 32.2 Å². The average Bonchev–Trinajstić information content (AvgIpc) is 4.55. The van der Waals surface area contributed by atoms with Gasteiger partial charge in [0, 0.05) is 59.9 Å². The molecular formula is C72H88N2O3S4. The van der Waals surface area contributed by atoms with Crippen molar-refractivity contribution in [1.82, 2.24) is 9.80 Å². The van der Waals surface area contributed by atoms with Crippen molar-refractivity contribution >= 4 is 99.7 Å². The molecule has 0 N–H and O–H groups in total. The average molecular weight is 1160 g/mol. The van der Waals surface area contributed by atoms with Crippen LogP contribution in [0.1, 0.15) is 201 Å². The smallest absolute Gasteiger partial charge is 0.261 e. The van der Waals surface area contributed by atoms with Gasteiger partial charge in [-0.05, 0) is 93.3 Å². The largest absolute Gasteiger partial charge is 0.455 e. The second-order valence-corrected chi connectivity index (χ2v) is 28.3. The lowest BCUT2D eigenvalue weighted by Crippen LogP contribution is -2.34. The van der Waals surface area contributed by atoms with E-state index in [9.17, 15) is 0 Å². The molecule has 0 bridgehead atoms. The molecule has 9 heteroatoms. The molecule has 0 fully saturated rings.